The van der Waals surface area contributed by atoms with Crippen LogP contribution in [0.2, 0.25) is 0 Å². The van der Waals surface area contributed by atoms with Gasteiger partial charge in [-0.05, 0) is 49.1 Å². The Morgan fingerprint density at radius 1 is 0.761 bits per heavy atom. The third-order valence-corrected chi connectivity index (χ3v) is 7.15. The van der Waals surface area contributed by atoms with Gasteiger partial charge in [0.05, 0.1) is 19.8 Å². The Morgan fingerprint density at radius 2 is 1.46 bits per heavy atom. The van der Waals surface area contributed by atoms with E-state index in [0.717, 1.165) is 27.6 Å². The molecule has 1 aromatic heterocycles. The van der Waals surface area contributed by atoms with Crippen LogP contribution < -0.4 is 16.0 Å². The molecule has 0 radical (unpaired) electrons. The zero-order chi connectivity index (χ0) is 32.9. The van der Waals surface area contributed by atoms with Crippen LogP contribution in [-0.4, -0.2) is 66.5 Å². The van der Waals surface area contributed by atoms with Crippen molar-refractivity contribution in [3.63, 3.8) is 0 Å². The highest BCUT2D eigenvalue weighted by Gasteiger charge is 2.28. The average molecular weight is 627 g/mol. The molecule has 0 aliphatic carbocycles. The zero-order valence-corrected chi connectivity index (χ0v) is 25.8. The lowest BCUT2D eigenvalue weighted by Crippen LogP contribution is -2.54. The number of carbonyl (C=O) groups is 5. The van der Waals surface area contributed by atoms with Crippen molar-refractivity contribution in [2.45, 2.75) is 45.2 Å². The molecule has 2 atom stereocenters. The highest BCUT2D eigenvalue weighted by Crippen LogP contribution is 2.24. The molecule has 0 bridgehead atoms. The molecule has 0 spiro atoms. The Bertz CT molecular complexity index is 1650. The Morgan fingerprint density at radius 3 is 2.15 bits per heavy atom. The number of aromatic amines is 1. The van der Waals surface area contributed by atoms with E-state index in [4.69, 9.17) is 9.47 Å². The van der Waals surface area contributed by atoms with Gasteiger partial charge < -0.3 is 30.4 Å². The molecule has 4 N–H and O–H groups in total. The minimum atomic E-state index is -1.13. The van der Waals surface area contributed by atoms with Gasteiger partial charge in [0.1, 0.15) is 17.8 Å². The van der Waals surface area contributed by atoms with E-state index < -0.39 is 48.3 Å². The maximum Gasteiger partial charge on any atom is 0.328 e. The van der Waals surface area contributed by atoms with Crippen LogP contribution in [0.3, 0.4) is 0 Å². The first-order chi connectivity index (χ1) is 22.3. The van der Waals surface area contributed by atoms with Gasteiger partial charge in [-0.25, -0.2) is 4.79 Å². The second-order valence-electron chi connectivity index (χ2n) is 10.5. The minimum absolute atomic E-state index is 0.0389. The molecule has 0 saturated heterocycles. The van der Waals surface area contributed by atoms with Crippen molar-refractivity contribution in [2.24, 2.45) is 0 Å². The summed E-state index contributed by atoms with van der Waals surface area (Å²) in [4.78, 5) is 67.0. The van der Waals surface area contributed by atoms with Crippen LogP contribution in [0.25, 0.3) is 22.0 Å². The lowest BCUT2D eigenvalue weighted by Gasteiger charge is -2.23. The van der Waals surface area contributed by atoms with Crippen molar-refractivity contribution in [1.29, 1.82) is 0 Å². The van der Waals surface area contributed by atoms with Gasteiger partial charge in [0.25, 0.3) is 5.91 Å². The Balaban J connectivity index is 1.41. The summed E-state index contributed by atoms with van der Waals surface area (Å²) in [7, 11) is 0. The molecular weight excluding hydrogens is 588 g/mol. The third kappa shape index (κ3) is 9.52. The molecule has 11 heteroatoms. The van der Waals surface area contributed by atoms with Crippen LogP contribution in [0.15, 0.2) is 84.9 Å². The predicted molar refractivity (Wildman–Crippen MR) is 173 cm³/mol. The number of esters is 2. The number of fused-ring (bicyclic) bond motifs is 1. The van der Waals surface area contributed by atoms with Crippen molar-refractivity contribution >= 4 is 40.6 Å². The summed E-state index contributed by atoms with van der Waals surface area (Å²) in [6.45, 7) is 3.17. The topological polar surface area (TPSA) is 156 Å². The quantitative estimate of drug-likeness (QED) is 0.147. The molecule has 4 aromatic rings. The molecule has 1 heterocycles. The molecule has 0 fully saturated rings. The van der Waals surface area contributed by atoms with Gasteiger partial charge in [-0.3, -0.25) is 19.2 Å². The monoisotopic (exact) mass is 626 g/mol. The highest BCUT2D eigenvalue weighted by atomic mass is 16.5. The molecule has 11 nitrogen and oxygen atoms in total. The molecule has 0 aliphatic heterocycles. The number of aromatic nitrogens is 1. The molecular formula is C35H38N4O7. The molecule has 46 heavy (non-hydrogen) atoms. The van der Waals surface area contributed by atoms with Crippen LogP contribution in [-0.2, 0) is 35.1 Å². The second kappa shape index (κ2) is 16.6. The van der Waals surface area contributed by atoms with E-state index in [-0.39, 0.29) is 38.2 Å². The third-order valence-electron chi connectivity index (χ3n) is 7.15. The molecule has 0 saturated carbocycles. The van der Waals surface area contributed by atoms with E-state index in [1.807, 2.05) is 54.6 Å². The lowest BCUT2D eigenvalue weighted by molar-refractivity contribution is -0.149. The predicted octanol–water partition coefficient (Wildman–Crippen LogP) is 3.68. The summed E-state index contributed by atoms with van der Waals surface area (Å²) < 4.78 is 10.0. The van der Waals surface area contributed by atoms with Crippen LogP contribution in [0.5, 0.6) is 0 Å². The molecule has 3 aromatic carbocycles. The normalized spacial score (nSPS) is 12.0. The van der Waals surface area contributed by atoms with Crippen molar-refractivity contribution in [3.05, 3.63) is 96.2 Å². The Hall–Kier alpha value is -5.45. The van der Waals surface area contributed by atoms with E-state index >= 15 is 0 Å². The van der Waals surface area contributed by atoms with Gasteiger partial charge in [-0.15, -0.1) is 0 Å². The summed E-state index contributed by atoms with van der Waals surface area (Å²) in [5.74, 6) is -2.95. The van der Waals surface area contributed by atoms with Gasteiger partial charge in [-0.2, -0.15) is 0 Å². The number of hydrogen-bond donors (Lipinski definition) is 4. The molecule has 3 amide bonds. The number of ether oxygens (including phenoxy) is 2. The first kappa shape index (κ1) is 33.4. The van der Waals surface area contributed by atoms with E-state index in [1.54, 1.807) is 44.2 Å². The van der Waals surface area contributed by atoms with Crippen molar-refractivity contribution < 1.29 is 33.4 Å². The highest BCUT2D eigenvalue weighted by molar-refractivity contribution is 6.00. The van der Waals surface area contributed by atoms with Gasteiger partial charge in [0.15, 0.2) is 0 Å². The summed E-state index contributed by atoms with van der Waals surface area (Å²) in [5, 5.41) is 8.72. The number of rotatable bonds is 15. The first-order valence-electron chi connectivity index (χ1n) is 15.2. The average Bonchev–Trinajstić information content (AvgIpc) is 3.50. The maximum atomic E-state index is 13.4. The number of carbonyl (C=O) groups excluding carboxylic acids is 5. The summed E-state index contributed by atoms with van der Waals surface area (Å²) >= 11 is 0. The Labute approximate surface area is 267 Å². The summed E-state index contributed by atoms with van der Waals surface area (Å²) in [6, 6.07) is 24.2. The van der Waals surface area contributed by atoms with Crippen molar-refractivity contribution in [1.82, 2.24) is 20.9 Å². The zero-order valence-electron chi connectivity index (χ0n) is 25.8. The number of H-pyrrole nitrogens is 1. The lowest BCUT2D eigenvalue weighted by atomic mass is 10.0. The van der Waals surface area contributed by atoms with Crippen LogP contribution in [0.4, 0.5) is 0 Å². The Kier molecular flexibility index (Phi) is 12.0. The van der Waals surface area contributed by atoms with E-state index in [0.29, 0.717) is 0 Å². The van der Waals surface area contributed by atoms with E-state index in [1.165, 1.54) is 0 Å². The SMILES string of the molecule is CCOC(=O)CC[C@@H](NC(=O)[C@H](Cc1ccccc1)NC(=O)CNC(=O)c1cc2ccc(-c3ccccc3)cc2[nH]1)C(=O)OCC. The van der Waals surface area contributed by atoms with Crippen molar-refractivity contribution in [3.8, 4) is 11.1 Å². The fraction of sp³-hybridized carbons (Fsp3) is 0.286. The van der Waals surface area contributed by atoms with Crippen LogP contribution >= 0.6 is 0 Å². The van der Waals surface area contributed by atoms with Gasteiger partial charge >= 0.3 is 11.9 Å². The molecule has 4 rings (SSSR count). The summed E-state index contributed by atoms with van der Waals surface area (Å²) in [5.41, 5.74) is 3.86. The van der Waals surface area contributed by atoms with Gasteiger partial charge in [-0.1, -0.05) is 72.8 Å². The van der Waals surface area contributed by atoms with Gasteiger partial charge in [0, 0.05) is 23.7 Å². The van der Waals surface area contributed by atoms with Gasteiger partial charge in [0.2, 0.25) is 11.8 Å². The number of amides is 3. The van der Waals surface area contributed by atoms with Crippen molar-refractivity contribution in [2.75, 3.05) is 19.8 Å². The van der Waals surface area contributed by atoms with E-state index in [9.17, 15) is 24.0 Å². The number of nitrogens with one attached hydrogen (secondary N) is 4. The number of benzene rings is 3. The minimum Gasteiger partial charge on any atom is -0.466 e. The van der Waals surface area contributed by atoms with Crippen LogP contribution in [0.1, 0.15) is 42.7 Å². The molecule has 240 valence electrons. The fourth-order valence-corrected chi connectivity index (χ4v) is 4.88. The smallest absolute Gasteiger partial charge is 0.328 e. The summed E-state index contributed by atoms with van der Waals surface area (Å²) in [6.07, 6.45) is -0.0327. The number of hydrogen-bond acceptors (Lipinski definition) is 7. The maximum absolute atomic E-state index is 13.4. The molecule has 0 unspecified atom stereocenters. The largest absolute Gasteiger partial charge is 0.466 e. The standard InChI is InChI=1S/C35H38N4O7/c1-3-45-32(41)18-17-27(35(44)46-4-2)39-34(43)29(19-23-11-7-5-8-12-23)38-31(40)22-36-33(42)30-21-26-16-15-25(20-28(26)37-30)24-13-9-6-10-14-24/h5-16,20-21,27,29,37H,3-4,17-19,22H2,1-2H3,(H,36,42)(H,38,40)(H,39,43)/t27-,29+/m1/s1. The van der Waals surface area contributed by atoms with Crippen LogP contribution in [0, 0.1) is 0 Å². The fourth-order valence-electron chi connectivity index (χ4n) is 4.88. The first-order valence-corrected chi connectivity index (χ1v) is 15.2. The van der Waals surface area contributed by atoms with E-state index in [2.05, 4.69) is 20.9 Å². The molecule has 0 aliphatic rings. The second-order valence-corrected chi connectivity index (χ2v) is 10.5.